The third-order valence-electron chi connectivity index (χ3n) is 7.69. The van der Waals surface area contributed by atoms with E-state index in [1.807, 2.05) is 49.4 Å². The molecule has 0 radical (unpaired) electrons. The second-order valence-electron chi connectivity index (χ2n) is 10.5. The lowest BCUT2D eigenvalue weighted by atomic mass is 9.85. The number of benzene rings is 3. The summed E-state index contributed by atoms with van der Waals surface area (Å²) in [6.45, 7) is 9.49. The number of nitrogens with one attached hydrogen (secondary N) is 1. The van der Waals surface area contributed by atoms with Crippen LogP contribution in [-0.4, -0.2) is 48.7 Å². The van der Waals surface area contributed by atoms with Gasteiger partial charge in [-0.25, -0.2) is 0 Å². The topological polar surface area (TPSA) is 71.0 Å². The average molecular weight is 513 g/mol. The number of ether oxygens (including phenoxy) is 2. The number of carbonyl (C=O) groups excluding carboxylic acids is 1. The van der Waals surface area contributed by atoms with Crippen molar-refractivity contribution in [3.8, 4) is 17.2 Å². The molecule has 0 saturated carbocycles. The molecule has 3 atom stereocenters. The highest BCUT2D eigenvalue weighted by Crippen LogP contribution is 2.47. The fraction of sp³-hybridized carbons (Fsp3) is 0.344. The van der Waals surface area contributed by atoms with Gasteiger partial charge in [0.25, 0.3) is 5.91 Å². The molecule has 1 saturated heterocycles. The Bertz CT molecular complexity index is 1350. The van der Waals surface area contributed by atoms with Gasteiger partial charge < -0.3 is 19.9 Å². The first-order valence-electron chi connectivity index (χ1n) is 13.3. The molecule has 5 rings (SSSR count). The maximum Gasteiger partial charge on any atom is 0.251 e. The molecule has 2 N–H and O–H groups in total. The molecule has 0 aromatic heterocycles. The fourth-order valence-corrected chi connectivity index (χ4v) is 5.45. The lowest BCUT2D eigenvalue weighted by Gasteiger charge is -2.31. The van der Waals surface area contributed by atoms with Crippen molar-refractivity contribution in [3.05, 3.63) is 89.0 Å². The van der Waals surface area contributed by atoms with Crippen LogP contribution in [0, 0.1) is 5.92 Å². The minimum Gasteiger partial charge on any atom is -0.508 e. The van der Waals surface area contributed by atoms with E-state index in [4.69, 9.17) is 9.47 Å². The Hall–Kier alpha value is -3.77. The van der Waals surface area contributed by atoms with Crippen LogP contribution in [0.5, 0.6) is 17.2 Å². The first-order chi connectivity index (χ1) is 18.3. The maximum absolute atomic E-state index is 12.4. The summed E-state index contributed by atoms with van der Waals surface area (Å²) in [5.74, 6) is 2.34. The molecule has 2 heterocycles. The number of carbonyl (C=O) groups is 1. The number of hydrogen-bond donors (Lipinski definition) is 2. The number of hydrogen-bond acceptors (Lipinski definition) is 5. The lowest BCUT2D eigenvalue weighted by Crippen LogP contribution is -2.35. The second kappa shape index (κ2) is 10.9. The number of amides is 1. The molecule has 198 valence electrons. The first kappa shape index (κ1) is 25.9. The Morgan fingerprint density at radius 3 is 2.66 bits per heavy atom. The minimum absolute atomic E-state index is 0.143. The number of likely N-dealkylation sites (tertiary alicyclic amines) is 1. The van der Waals surface area contributed by atoms with Gasteiger partial charge in [0, 0.05) is 36.3 Å². The molecule has 3 aromatic carbocycles. The number of aromatic hydroxyl groups is 1. The molecule has 6 heteroatoms. The van der Waals surface area contributed by atoms with Crippen molar-refractivity contribution < 1.29 is 19.4 Å². The molecule has 3 aromatic rings. The van der Waals surface area contributed by atoms with Crippen LogP contribution in [0.25, 0.3) is 11.1 Å². The zero-order chi connectivity index (χ0) is 26.8. The highest BCUT2D eigenvalue weighted by Gasteiger charge is 2.30. The zero-order valence-electron chi connectivity index (χ0n) is 22.5. The van der Waals surface area contributed by atoms with Crippen LogP contribution in [0.4, 0.5) is 0 Å². The molecule has 1 fully saturated rings. The van der Waals surface area contributed by atoms with E-state index in [9.17, 15) is 9.90 Å². The van der Waals surface area contributed by atoms with Crippen LogP contribution in [0.3, 0.4) is 0 Å². The molecule has 1 unspecified atom stereocenters. The Kier molecular flexibility index (Phi) is 7.43. The quantitative estimate of drug-likeness (QED) is 0.411. The standard InChI is InChI=1S/C32H36N2O4/c1-20-14-15-34(18-20)21(2)19-37-27-11-8-23(9-12-27)31-30(24-6-5-7-25(16-24)32(36)33-4)22(3)28-17-26(35)10-13-29(28)38-31/h5-13,16-17,20-21,31,35H,14-15,18-19H2,1-4H3,(H,33,36)/t20-,21+,31?/m1/s1. The summed E-state index contributed by atoms with van der Waals surface area (Å²) in [4.78, 5) is 14.9. The number of nitrogens with zero attached hydrogens (tertiary/aromatic N) is 1. The fourth-order valence-electron chi connectivity index (χ4n) is 5.45. The molecule has 1 amide bonds. The Balaban J connectivity index is 1.44. The molecule has 2 aliphatic rings. The Morgan fingerprint density at radius 1 is 1.16 bits per heavy atom. The third kappa shape index (κ3) is 5.27. The smallest absolute Gasteiger partial charge is 0.251 e. The van der Waals surface area contributed by atoms with Crippen LogP contribution >= 0.6 is 0 Å². The van der Waals surface area contributed by atoms with Gasteiger partial charge in [0.1, 0.15) is 30.0 Å². The van der Waals surface area contributed by atoms with E-state index in [-0.39, 0.29) is 17.8 Å². The summed E-state index contributed by atoms with van der Waals surface area (Å²) in [5.41, 5.74) is 5.26. The number of phenolic OH excluding ortho intramolecular Hbond substituents is 1. The molecule has 38 heavy (non-hydrogen) atoms. The molecule has 6 nitrogen and oxygen atoms in total. The Labute approximate surface area is 224 Å². The van der Waals surface area contributed by atoms with Gasteiger partial charge in [0.2, 0.25) is 0 Å². The number of rotatable bonds is 7. The average Bonchev–Trinajstić information content (AvgIpc) is 3.38. The summed E-state index contributed by atoms with van der Waals surface area (Å²) in [6.07, 6.45) is 0.871. The van der Waals surface area contributed by atoms with E-state index in [1.54, 1.807) is 31.3 Å². The lowest BCUT2D eigenvalue weighted by molar-refractivity contribution is 0.0963. The van der Waals surface area contributed by atoms with Gasteiger partial charge in [-0.15, -0.1) is 0 Å². The number of fused-ring (bicyclic) bond motifs is 1. The van der Waals surface area contributed by atoms with Crippen molar-refractivity contribution in [3.63, 3.8) is 0 Å². The van der Waals surface area contributed by atoms with Gasteiger partial charge in [0.05, 0.1) is 0 Å². The first-order valence-corrected chi connectivity index (χ1v) is 13.3. The van der Waals surface area contributed by atoms with Gasteiger partial charge in [-0.3, -0.25) is 9.69 Å². The summed E-state index contributed by atoms with van der Waals surface area (Å²) in [7, 11) is 1.63. The molecular weight excluding hydrogens is 476 g/mol. The second-order valence-corrected chi connectivity index (χ2v) is 10.5. The maximum atomic E-state index is 12.4. The van der Waals surface area contributed by atoms with Crippen LogP contribution < -0.4 is 14.8 Å². The number of allylic oxidation sites excluding steroid dienone is 1. The molecule has 0 bridgehead atoms. The normalized spacial score (nSPS) is 20.0. The zero-order valence-corrected chi connectivity index (χ0v) is 22.5. The third-order valence-corrected chi connectivity index (χ3v) is 7.69. The van der Waals surface area contributed by atoms with Gasteiger partial charge in [-0.1, -0.05) is 31.2 Å². The minimum atomic E-state index is -0.383. The highest BCUT2D eigenvalue weighted by molar-refractivity contribution is 5.99. The molecule has 0 aliphatic carbocycles. The number of phenols is 1. The summed E-state index contributed by atoms with van der Waals surface area (Å²) in [5, 5.41) is 12.8. The van der Waals surface area contributed by atoms with Crippen molar-refractivity contribution in [2.45, 2.75) is 39.3 Å². The summed E-state index contributed by atoms with van der Waals surface area (Å²) >= 11 is 0. The van der Waals surface area contributed by atoms with E-state index in [0.717, 1.165) is 52.6 Å². The predicted molar refractivity (Wildman–Crippen MR) is 151 cm³/mol. The van der Waals surface area contributed by atoms with Gasteiger partial charge >= 0.3 is 0 Å². The van der Waals surface area contributed by atoms with Crippen molar-refractivity contribution >= 4 is 17.1 Å². The van der Waals surface area contributed by atoms with E-state index in [2.05, 4.69) is 24.1 Å². The van der Waals surface area contributed by atoms with Crippen LogP contribution in [0.1, 0.15) is 60.3 Å². The summed E-state index contributed by atoms with van der Waals surface area (Å²) in [6, 6.07) is 21.2. The van der Waals surface area contributed by atoms with Crippen molar-refractivity contribution in [2.75, 3.05) is 26.7 Å². The monoisotopic (exact) mass is 512 g/mol. The van der Waals surface area contributed by atoms with Crippen molar-refractivity contribution in [1.29, 1.82) is 0 Å². The Morgan fingerprint density at radius 2 is 1.95 bits per heavy atom. The van der Waals surface area contributed by atoms with E-state index in [0.29, 0.717) is 24.0 Å². The van der Waals surface area contributed by atoms with Crippen LogP contribution in [0.2, 0.25) is 0 Å². The highest BCUT2D eigenvalue weighted by atomic mass is 16.5. The SMILES string of the molecule is CNC(=O)c1cccc(C2=C(C)c3cc(O)ccc3OC2c2ccc(OC[C@H](C)N3CC[C@@H](C)C3)cc2)c1. The van der Waals surface area contributed by atoms with Crippen LogP contribution in [-0.2, 0) is 0 Å². The van der Waals surface area contributed by atoms with Gasteiger partial charge in [-0.2, -0.15) is 0 Å². The van der Waals surface area contributed by atoms with Gasteiger partial charge in [-0.05, 0) is 91.9 Å². The van der Waals surface area contributed by atoms with E-state index >= 15 is 0 Å². The molecule has 2 aliphatic heterocycles. The molecular formula is C32H36N2O4. The molecule has 0 spiro atoms. The predicted octanol–water partition coefficient (Wildman–Crippen LogP) is 5.93. The van der Waals surface area contributed by atoms with Gasteiger partial charge in [0.15, 0.2) is 0 Å². The van der Waals surface area contributed by atoms with Crippen molar-refractivity contribution in [2.24, 2.45) is 5.92 Å². The van der Waals surface area contributed by atoms with Crippen molar-refractivity contribution in [1.82, 2.24) is 10.2 Å². The van der Waals surface area contributed by atoms with E-state index < -0.39 is 0 Å². The largest absolute Gasteiger partial charge is 0.508 e. The van der Waals surface area contributed by atoms with Crippen LogP contribution in [0.15, 0.2) is 66.7 Å². The van der Waals surface area contributed by atoms with E-state index in [1.165, 1.54) is 6.42 Å². The summed E-state index contributed by atoms with van der Waals surface area (Å²) < 4.78 is 12.7.